The van der Waals surface area contributed by atoms with Gasteiger partial charge in [-0.1, -0.05) is 32.8 Å². The van der Waals surface area contributed by atoms with Gasteiger partial charge in [0, 0.05) is 68.3 Å². The maximum atomic E-state index is 5.23. The van der Waals surface area contributed by atoms with E-state index < -0.39 is 0 Å². The zero-order valence-corrected chi connectivity index (χ0v) is 28.6. The number of piperidine rings is 2. The molecule has 240 valence electrons. The SMILES string of the molecule is C=C(C)CCC(C)(C)CC1c2cc(N3CCCCC3)ccc2N(CC)C1c1cc(N2CCN3CCCCC3C2)cnc1CC. The molecule has 3 atom stereocenters. The highest BCUT2D eigenvalue weighted by atomic mass is 15.3. The molecule has 2 aromatic rings. The maximum Gasteiger partial charge on any atom is 0.0630 e. The summed E-state index contributed by atoms with van der Waals surface area (Å²) in [5, 5.41) is 0. The summed E-state index contributed by atoms with van der Waals surface area (Å²) in [7, 11) is 0. The van der Waals surface area contributed by atoms with Crippen LogP contribution in [0.25, 0.3) is 0 Å². The van der Waals surface area contributed by atoms with Crippen molar-refractivity contribution < 1.29 is 0 Å². The number of aryl methyl sites for hydroxylation is 1. The van der Waals surface area contributed by atoms with Gasteiger partial charge in [-0.3, -0.25) is 9.88 Å². The summed E-state index contributed by atoms with van der Waals surface area (Å²) in [4.78, 5) is 16.0. The molecular weight excluding hydrogens is 538 g/mol. The molecule has 0 aliphatic carbocycles. The largest absolute Gasteiger partial charge is 0.372 e. The van der Waals surface area contributed by atoms with Crippen molar-refractivity contribution in [1.82, 2.24) is 9.88 Å². The van der Waals surface area contributed by atoms with E-state index in [0.717, 1.165) is 32.5 Å². The first-order valence-corrected chi connectivity index (χ1v) is 18.1. The zero-order valence-electron chi connectivity index (χ0n) is 28.6. The predicted molar refractivity (Wildman–Crippen MR) is 188 cm³/mol. The molecule has 0 spiro atoms. The highest BCUT2D eigenvalue weighted by Gasteiger charge is 2.43. The number of rotatable bonds is 10. The standard InChI is InChI=1S/C39H59N5/c1-7-36-34(25-32(27-40-36)43-23-22-42-21-13-10-14-31(42)28-43)38-35(26-39(5,6)18-17-29(3)4)33-24-30(41-19-11-9-12-20-41)15-16-37(33)44(38)8-2/h15-16,24-25,27,31,35,38H,3,7-14,17-23,26,28H2,1-2,4-6H3. The predicted octanol–water partition coefficient (Wildman–Crippen LogP) is 8.75. The van der Waals surface area contributed by atoms with Crippen LogP contribution in [0.5, 0.6) is 0 Å². The van der Waals surface area contributed by atoms with Crippen molar-refractivity contribution in [2.45, 2.75) is 117 Å². The Morgan fingerprint density at radius 2 is 1.68 bits per heavy atom. The fourth-order valence-electron chi connectivity index (χ4n) is 8.82. The zero-order chi connectivity index (χ0) is 30.8. The Balaban J connectivity index is 1.39. The second kappa shape index (κ2) is 13.4. The first-order valence-electron chi connectivity index (χ1n) is 18.1. The van der Waals surface area contributed by atoms with E-state index in [1.807, 2.05) is 0 Å². The summed E-state index contributed by atoms with van der Waals surface area (Å²) in [6.07, 6.45) is 14.7. The number of aromatic nitrogens is 1. The molecule has 0 amide bonds. The number of pyridine rings is 1. The molecule has 3 unspecified atom stereocenters. The Morgan fingerprint density at radius 3 is 2.43 bits per heavy atom. The van der Waals surface area contributed by atoms with Gasteiger partial charge in [-0.15, -0.1) is 6.58 Å². The maximum absolute atomic E-state index is 5.23. The summed E-state index contributed by atoms with van der Waals surface area (Å²) in [6.45, 7) is 24.2. The number of allylic oxidation sites excluding steroid dienone is 1. The molecule has 44 heavy (non-hydrogen) atoms. The molecule has 6 rings (SSSR count). The second-order valence-corrected chi connectivity index (χ2v) is 15.2. The molecule has 0 saturated carbocycles. The van der Waals surface area contributed by atoms with Crippen molar-refractivity contribution in [2.75, 3.05) is 60.5 Å². The molecule has 5 heterocycles. The fourth-order valence-corrected chi connectivity index (χ4v) is 8.82. The number of fused-ring (bicyclic) bond motifs is 2. The van der Waals surface area contributed by atoms with Crippen molar-refractivity contribution in [2.24, 2.45) is 5.41 Å². The van der Waals surface area contributed by atoms with Crippen LogP contribution in [0.15, 0.2) is 42.6 Å². The molecule has 0 bridgehead atoms. The minimum atomic E-state index is 0.221. The molecule has 4 aliphatic rings. The topological polar surface area (TPSA) is 25.9 Å². The van der Waals surface area contributed by atoms with E-state index in [4.69, 9.17) is 4.98 Å². The van der Waals surface area contributed by atoms with Crippen molar-refractivity contribution in [3.63, 3.8) is 0 Å². The van der Waals surface area contributed by atoms with E-state index in [0.29, 0.717) is 18.0 Å². The number of hydrogen-bond acceptors (Lipinski definition) is 5. The Kier molecular flexibility index (Phi) is 9.61. The van der Waals surface area contributed by atoms with Gasteiger partial charge in [-0.05, 0) is 119 Å². The molecule has 0 N–H and O–H groups in total. The minimum Gasteiger partial charge on any atom is -0.372 e. The van der Waals surface area contributed by atoms with Gasteiger partial charge in [0.15, 0.2) is 0 Å². The first-order chi connectivity index (χ1) is 21.3. The highest BCUT2D eigenvalue weighted by Crippen LogP contribution is 2.55. The van der Waals surface area contributed by atoms with Crippen LogP contribution in [0.1, 0.15) is 121 Å². The summed E-state index contributed by atoms with van der Waals surface area (Å²) >= 11 is 0. The van der Waals surface area contributed by atoms with E-state index in [1.54, 1.807) is 5.56 Å². The number of hydrogen-bond donors (Lipinski definition) is 0. The molecule has 1 aromatic carbocycles. The fraction of sp³-hybridized carbons (Fsp3) is 0.667. The monoisotopic (exact) mass is 597 g/mol. The van der Waals surface area contributed by atoms with Gasteiger partial charge in [-0.2, -0.15) is 0 Å². The van der Waals surface area contributed by atoms with Crippen LogP contribution >= 0.6 is 0 Å². The van der Waals surface area contributed by atoms with Gasteiger partial charge in [0.2, 0.25) is 0 Å². The first kappa shape index (κ1) is 31.5. The van der Waals surface area contributed by atoms with E-state index >= 15 is 0 Å². The molecule has 4 aliphatic heterocycles. The number of nitrogens with zero attached hydrogens (tertiary/aromatic N) is 5. The van der Waals surface area contributed by atoms with Crippen LogP contribution in [0, 0.1) is 5.41 Å². The van der Waals surface area contributed by atoms with Crippen molar-refractivity contribution in [3.8, 4) is 0 Å². The number of piperazine rings is 1. The van der Waals surface area contributed by atoms with Gasteiger partial charge in [0.25, 0.3) is 0 Å². The highest BCUT2D eigenvalue weighted by molar-refractivity contribution is 5.69. The Labute approximate surface area is 268 Å². The van der Waals surface area contributed by atoms with Crippen LogP contribution in [0.2, 0.25) is 0 Å². The Hall–Kier alpha value is -2.53. The molecule has 5 heteroatoms. The smallest absolute Gasteiger partial charge is 0.0630 e. The molecule has 1 aromatic heterocycles. The Bertz CT molecular complexity index is 1290. The van der Waals surface area contributed by atoms with Gasteiger partial charge < -0.3 is 14.7 Å². The summed E-state index contributed by atoms with van der Waals surface area (Å²) in [6, 6.07) is 11.1. The lowest BCUT2D eigenvalue weighted by Gasteiger charge is -2.45. The van der Waals surface area contributed by atoms with E-state index in [9.17, 15) is 0 Å². The van der Waals surface area contributed by atoms with Crippen LogP contribution in [-0.4, -0.2) is 61.7 Å². The normalized spacial score (nSPS) is 24.4. The molecule has 5 nitrogen and oxygen atoms in total. The molecule has 0 radical (unpaired) electrons. The lowest BCUT2D eigenvalue weighted by Crippen LogP contribution is -2.55. The number of likely N-dealkylation sites (N-methyl/N-ethyl adjacent to an activating group) is 1. The Morgan fingerprint density at radius 1 is 0.909 bits per heavy atom. The average Bonchev–Trinajstić information content (AvgIpc) is 3.35. The van der Waals surface area contributed by atoms with Gasteiger partial charge >= 0.3 is 0 Å². The third kappa shape index (κ3) is 6.55. The van der Waals surface area contributed by atoms with Gasteiger partial charge in [0.05, 0.1) is 17.9 Å². The molecule has 3 saturated heterocycles. The third-order valence-corrected chi connectivity index (χ3v) is 11.3. The van der Waals surface area contributed by atoms with Gasteiger partial charge in [-0.25, -0.2) is 0 Å². The van der Waals surface area contributed by atoms with Crippen LogP contribution < -0.4 is 14.7 Å². The van der Waals surface area contributed by atoms with Gasteiger partial charge in [0.1, 0.15) is 0 Å². The van der Waals surface area contributed by atoms with Crippen LogP contribution in [-0.2, 0) is 6.42 Å². The minimum absolute atomic E-state index is 0.221. The average molecular weight is 598 g/mol. The third-order valence-electron chi connectivity index (χ3n) is 11.3. The summed E-state index contributed by atoms with van der Waals surface area (Å²) in [5.74, 6) is 0.437. The quantitative estimate of drug-likeness (QED) is 0.255. The van der Waals surface area contributed by atoms with Crippen LogP contribution in [0.4, 0.5) is 17.1 Å². The number of anilines is 3. The van der Waals surface area contributed by atoms with E-state index in [1.165, 1.54) is 111 Å². The lowest BCUT2D eigenvalue weighted by molar-refractivity contribution is 0.133. The van der Waals surface area contributed by atoms with Crippen molar-refractivity contribution in [3.05, 3.63) is 59.4 Å². The van der Waals surface area contributed by atoms with E-state index in [-0.39, 0.29) is 5.41 Å². The number of benzene rings is 1. The van der Waals surface area contributed by atoms with Crippen molar-refractivity contribution in [1.29, 1.82) is 0 Å². The lowest BCUT2D eigenvalue weighted by atomic mass is 9.73. The van der Waals surface area contributed by atoms with Crippen molar-refractivity contribution >= 4 is 17.1 Å². The summed E-state index contributed by atoms with van der Waals surface area (Å²) < 4.78 is 0. The second-order valence-electron chi connectivity index (χ2n) is 15.2. The molecular formula is C39H59N5. The molecule has 3 fully saturated rings. The van der Waals surface area contributed by atoms with E-state index in [2.05, 4.69) is 91.3 Å². The summed E-state index contributed by atoms with van der Waals surface area (Å²) in [5.41, 5.74) is 10.0. The van der Waals surface area contributed by atoms with Crippen LogP contribution in [0.3, 0.4) is 0 Å².